The van der Waals surface area contributed by atoms with Crippen LogP contribution in [-0.4, -0.2) is 33.1 Å². The van der Waals surface area contributed by atoms with Crippen LogP contribution in [0.5, 0.6) is 5.75 Å². The van der Waals surface area contributed by atoms with Gasteiger partial charge in [-0.05, 0) is 43.7 Å². The topological polar surface area (TPSA) is 112 Å². The molecule has 0 bridgehead atoms. The molecule has 4 aromatic rings. The average Bonchev–Trinajstić information content (AvgIpc) is 3.39. The van der Waals surface area contributed by atoms with E-state index in [4.69, 9.17) is 9.72 Å². The third kappa shape index (κ3) is 3.99. The summed E-state index contributed by atoms with van der Waals surface area (Å²) in [6.07, 6.45) is 2.77. The molecule has 0 saturated carbocycles. The first-order valence-electron chi connectivity index (χ1n) is 10.8. The van der Waals surface area contributed by atoms with Gasteiger partial charge >= 0.3 is 0 Å². The number of nitro benzene ring substituents is 1. The van der Waals surface area contributed by atoms with Crippen molar-refractivity contribution in [2.45, 2.75) is 18.9 Å². The number of methoxy groups -OCH3 is 1. The predicted octanol–water partition coefficient (Wildman–Crippen LogP) is 4.07. The Labute approximate surface area is 197 Å². The van der Waals surface area contributed by atoms with Crippen LogP contribution in [-0.2, 0) is 0 Å². The Kier molecular flexibility index (Phi) is 5.69. The van der Waals surface area contributed by atoms with Crippen LogP contribution in [0.2, 0.25) is 0 Å². The number of ether oxygens (including phenoxy) is 1. The molecule has 0 radical (unpaired) electrons. The van der Waals surface area contributed by atoms with Gasteiger partial charge in [0.25, 0.3) is 11.2 Å². The molecule has 3 heterocycles. The van der Waals surface area contributed by atoms with Crippen LogP contribution in [0.25, 0.3) is 27.7 Å². The summed E-state index contributed by atoms with van der Waals surface area (Å²) in [4.78, 5) is 33.3. The Morgan fingerprint density at radius 2 is 2.03 bits per heavy atom. The van der Waals surface area contributed by atoms with Crippen LogP contribution in [0.3, 0.4) is 0 Å². The van der Waals surface area contributed by atoms with E-state index in [9.17, 15) is 23.7 Å². The molecule has 0 amide bonds. The van der Waals surface area contributed by atoms with Gasteiger partial charge < -0.3 is 10.1 Å². The summed E-state index contributed by atoms with van der Waals surface area (Å²) in [7, 11) is 1.33. The summed E-state index contributed by atoms with van der Waals surface area (Å²) in [6, 6.07) is 8.76. The fraction of sp³-hybridized carbons (Fsp3) is 0.208. The van der Waals surface area contributed by atoms with Gasteiger partial charge in [0.2, 0.25) is 5.95 Å². The maximum Gasteiger partial charge on any atom is 0.271 e. The number of nitro groups is 1. The molecule has 1 fully saturated rings. The minimum absolute atomic E-state index is 0.0119. The Balaban J connectivity index is 1.86. The third-order valence-electron chi connectivity index (χ3n) is 6.00. The van der Waals surface area contributed by atoms with E-state index >= 15 is 0 Å². The lowest BCUT2D eigenvalue weighted by atomic mass is 10.0. The standard InChI is InChI=1S/C24H19F2N5O4/c1-35-20-6-5-14(11-18(20)25)30-23(19-3-2-8-27-19)29-22-16(13-4-7-21(26)28-12-13)9-15(31(33)34)10-17(22)24(30)32/h4-7,9-12,19,27H,2-3,8H2,1H3/t19-/m1/s1. The molecule has 9 nitrogen and oxygen atoms in total. The summed E-state index contributed by atoms with van der Waals surface area (Å²) >= 11 is 0. The normalized spacial score (nSPS) is 15.5. The lowest BCUT2D eigenvalue weighted by molar-refractivity contribution is -0.384. The van der Waals surface area contributed by atoms with E-state index in [1.165, 1.54) is 42.1 Å². The van der Waals surface area contributed by atoms with Crippen molar-refractivity contribution in [3.8, 4) is 22.6 Å². The molecular formula is C24H19F2N5O4. The minimum Gasteiger partial charge on any atom is -0.494 e. The van der Waals surface area contributed by atoms with Crippen LogP contribution in [0.1, 0.15) is 24.7 Å². The van der Waals surface area contributed by atoms with Gasteiger partial charge in [-0.3, -0.25) is 19.5 Å². The summed E-state index contributed by atoms with van der Waals surface area (Å²) < 4.78 is 34.3. The summed E-state index contributed by atoms with van der Waals surface area (Å²) in [5, 5.41) is 14.9. The van der Waals surface area contributed by atoms with Gasteiger partial charge in [-0.1, -0.05) is 0 Å². The van der Waals surface area contributed by atoms with E-state index in [1.807, 2.05) is 0 Å². The molecule has 1 aliphatic rings. The second kappa shape index (κ2) is 8.84. The molecule has 0 spiro atoms. The number of benzene rings is 2. The van der Waals surface area contributed by atoms with E-state index in [1.54, 1.807) is 0 Å². The van der Waals surface area contributed by atoms with E-state index in [-0.39, 0.29) is 39.6 Å². The molecule has 2 aromatic heterocycles. The zero-order valence-electron chi connectivity index (χ0n) is 18.5. The van der Waals surface area contributed by atoms with Gasteiger partial charge in [0.05, 0.1) is 34.7 Å². The molecule has 178 valence electrons. The molecule has 5 rings (SSSR count). The first kappa shape index (κ1) is 22.5. The number of pyridine rings is 1. The zero-order valence-corrected chi connectivity index (χ0v) is 18.5. The molecule has 35 heavy (non-hydrogen) atoms. The highest BCUT2D eigenvalue weighted by Crippen LogP contribution is 2.33. The second-order valence-corrected chi connectivity index (χ2v) is 8.09. The van der Waals surface area contributed by atoms with E-state index in [0.717, 1.165) is 24.6 Å². The van der Waals surface area contributed by atoms with Crippen LogP contribution < -0.4 is 15.6 Å². The summed E-state index contributed by atoms with van der Waals surface area (Å²) in [5.74, 6) is -1.02. The van der Waals surface area contributed by atoms with Crippen LogP contribution >= 0.6 is 0 Å². The monoisotopic (exact) mass is 479 g/mol. The number of halogens is 2. The van der Waals surface area contributed by atoms with Gasteiger partial charge in [0.15, 0.2) is 11.6 Å². The number of rotatable bonds is 5. The van der Waals surface area contributed by atoms with E-state index in [0.29, 0.717) is 24.4 Å². The fourth-order valence-electron chi connectivity index (χ4n) is 4.33. The molecular weight excluding hydrogens is 460 g/mol. The summed E-state index contributed by atoms with van der Waals surface area (Å²) in [5.41, 5.74) is 0.126. The number of nitrogens with one attached hydrogen (secondary N) is 1. The fourth-order valence-corrected chi connectivity index (χ4v) is 4.33. The Morgan fingerprint density at radius 3 is 2.66 bits per heavy atom. The maximum absolute atomic E-state index is 14.6. The van der Waals surface area contributed by atoms with E-state index < -0.39 is 22.2 Å². The first-order valence-corrected chi connectivity index (χ1v) is 10.8. The molecule has 2 aromatic carbocycles. The molecule has 1 saturated heterocycles. The smallest absolute Gasteiger partial charge is 0.271 e. The number of nitrogens with zero attached hydrogens (tertiary/aromatic N) is 4. The summed E-state index contributed by atoms with van der Waals surface area (Å²) in [6.45, 7) is 0.713. The van der Waals surface area contributed by atoms with Crippen LogP contribution in [0.15, 0.2) is 53.5 Å². The number of aromatic nitrogens is 3. The van der Waals surface area contributed by atoms with Crippen LogP contribution in [0.4, 0.5) is 14.5 Å². The van der Waals surface area contributed by atoms with Crippen molar-refractivity contribution in [1.29, 1.82) is 0 Å². The Morgan fingerprint density at radius 1 is 1.20 bits per heavy atom. The zero-order chi connectivity index (χ0) is 24.7. The van der Waals surface area contributed by atoms with Crippen molar-refractivity contribution in [3.05, 3.63) is 86.7 Å². The van der Waals surface area contributed by atoms with Crippen molar-refractivity contribution in [2.75, 3.05) is 13.7 Å². The largest absolute Gasteiger partial charge is 0.494 e. The second-order valence-electron chi connectivity index (χ2n) is 8.09. The molecule has 1 aliphatic heterocycles. The number of hydrogen-bond donors (Lipinski definition) is 1. The van der Waals surface area contributed by atoms with Gasteiger partial charge in [0, 0.05) is 35.5 Å². The van der Waals surface area contributed by atoms with Gasteiger partial charge in [0.1, 0.15) is 5.82 Å². The van der Waals surface area contributed by atoms with Crippen LogP contribution in [0, 0.1) is 21.9 Å². The molecule has 0 aliphatic carbocycles. The number of hydrogen-bond acceptors (Lipinski definition) is 7. The third-order valence-corrected chi connectivity index (χ3v) is 6.00. The van der Waals surface area contributed by atoms with Crippen molar-refractivity contribution in [2.24, 2.45) is 0 Å². The van der Waals surface area contributed by atoms with Crippen molar-refractivity contribution in [1.82, 2.24) is 19.9 Å². The van der Waals surface area contributed by atoms with Crippen molar-refractivity contribution < 1.29 is 18.4 Å². The molecule has 1 atom stereocenters. The molecule has 1 N–H and O–H groups in total. The van der Waals surface area contributed by atoms with Gasteiger partial charge in [-0.15, -0.1) is 0 Å². The predicted molar refractivity (Wildman–Crippen MR) is 124 cm³/mol. The first-order chi connectivity index (χ1) is 16.9. The highest BCUT2D eigenvalue weighted by Gasteiger charge is 2.27. The number of non-ortho nitro benzene ring substituents is 1. The highest BCUT2D eigenvalue weighted by molar-refractivity contribution is 5.95. The van der Waals surface area contributed by atoms with Gasteiger partial charge in [-0.25, -0.2) is 14.4 Å². The Bertz CT molecular complexity index is 1520. The lowest BCUT2D eigenvalue weighted by Gasteiger charge is -2.19. The quantitative estimate of drug-likeness (QED) is 0.261. The van der Waals surface area contributed by atoms with Crippen molar-refractivity contribution >= 4 is 16.6 Å². The highest BCUT2D eigenvalue weighted by atomic mass is 19.1. The van der Waals surface area contributed by atoms with Gasteiger partial charge in [-0.2, -0.15) is 4.39 Å². The SMILES string of the molecule is COc1ccc(-n2c([C@H]3CCCN3)nc3c(-c4ccc(F)nc4)cc([N+](=O)[O-])cc3c2=O)cc1F. The lowest BCUT2D eigenvalue weighted by Crippen LogP contribution is -2.29. The maximum atomic E-state index is 14.6. The minimum atomic E-state index is -0.712. The van der Waals surface area contributed by atoms with Crippen molar-refractivity contribution in [3.63, 3.8) is 0 Å². The average molecular weight is 479 g/mol. The Hall–Kier alpha value is -4.25. The molecule has 11 heteroatoms. The number of fused-ring (bicyclic) bond motifs is 1. The van der Waals surface area contributed by atoms with E-state index in [2.05, 4.69) is 10.3 Å². The molecule has 0 unspecified atom stereocenters.